The maximum Gasteiger partial charge on any atom is 0.366 e. The Hall–Kier alpha value is -0.180. The van der Waals surface area contributed by atoms with Crippen LogP contribution in [0.3, 0.4) is 0 Å². The van der Waals surface area contributed by atoms with Gasteiger partial charge in [0, 0.05) is 0 Å². The molecule has 0 saturated heterocycles. The first-order chi connectivity index (χ1) is 11.0. The molecule has 0 aliphatic carbocycles. The average molecular weight is 382 g/mol. The van der Waals surface area contributed by atoms with Crippen LogP contribution in [0.1, 0.15) is 55.4 Å². The Kier molecular flexibility index (Phi) is 10.0. The molecule has 0 aliphatic rings. The van der Waals surface area contributed by atoms with Gasteiger partial charge in [0.1, 0.15) is 10.5 Å². The summed E-state index contributed by atoms with van der Waals surface area (Å²) in [4.78, 5) is 0. The summed E-state index contributed by atoms with van der Waals surface area (Å²) in [7, 11) is -7.32. The molecule has 24 heavy (non-hydrogen) atoms. The Morgan fingerprint density at radius 2 is 1.21 bits per heavy atom. The van der Waals surface area contributed by atoms with E-state index in [0.29, 0.717) is 0 Å². The van der Waals surface area contributed by atoms with Gasteiger partial charge in [0.15, 0.2) is 0 Å². The van der Waals surface area contributed by atoms with Crippen LogP contribution in [0, 0.1) is 0 Å². The molecule has 0 bridgehead atoms. The van der Waals surface area contributed by atoms with Crippen molar-refractivity contribution in [1.29, 1.82) is 0 Å². The minimum atomic E-state index is -3.70. The molecule has 0 aromatic heterocycles. The molecule has 0 saturated carbocycles. The Morgan fingerprint density at radius 1 is 0.833 bits per heavy atom. The molecule has 0 aliphatic heterocycles. The van der Waals surface area contributed by atoms with E-state index in [4.69, 9.17) is 18.1 Å². The first kappa shape index (κ1) is 23.8. The minimum Gasteiger partial charge on any atom is -0.308 e. The molecule has 0 heterocycles. The van der Waals surface area contributed by atoms with Gasteiger partial charge in [-0.3, -0.25) is 9.13 Å². The first-order valence-electron chi connectivity index (χ1n) is 8.28. The molecule has 8 heteroatoms. The molecule has 0 aromatic rings. The molecule has 0 atom stereocenters. The highest BCUT2D eigenvalue weighted by Gasteiger charge is 2.53. The zero-order chi connectivity index (χ0) is 19.0. The number of rotatable bonds is 11. The third-order valence-corrected chi connectivity index (χ3v) is 8.48. The van der Waals surface area contributed by atoms with Crippen LogP contribution in [0.2, 0.25) is 0 Å². The lowest BCUT2D eigenvalue weighted by atomic mass is 10.2. The summed E-state index contributed by atoms with van der Waals surface area (Å²) in [6.45, 7) is 14.6. The number of hydrogen-bond acceptors (Lipinski definition) is 6. The predicted molar refractivity (Wildman–Crippen MR) is 97.7 cm³/mol. The van der Waals surface area contributed by atoms with Gasteiger partial charge in [-0.05, 0) is 61.0 Å². The molecule has 0 aromatic carbocycles. The predicted octanol–water partition coefficient (Wildman–Crippen LogP) is 5.75. The summed E-state index contributed by atoms with van der Waals surface area (Å²) in [5.74, 6) is 0. The zero-order valence-electron chi connectivity index (χ0n) is 16.2. The van der Waals surface area contributed by atoms with Crippen LogP contribution in [0.5, 0.6) is 0 Å². The molecule has 0 amide bonds. The van der Waals surface area contributed by atoms with Gasteiger partial charge in [-0.25, -0.2) is 0 Å². The van der Waals surface area contributed by atoms with E-state index in [-0.39, 0.29) is 31.7 Å². The fourth-order valence-electron chi connectivity index (χ4n) is 2.13. The molecule has 0 N–H and O–H groups in total. The van der Waals surface area contributed by atoms with Gasteiger partial charge < -0.3 is 18.1 Å². The third kappa shape index (κ3) is 5.68. The second-order valence-corrected chi connectivity index (χ2v) is 10.3. The zero-order valence-corrected chi connectivity index (χ0v) is 18.0. The van der Waals surface area contributed by atoms with Gasteiger partial charge in [-0.1, -0.05) is 0 Å². The summed E-state index contributed by atoms with van der Waals surface area (Å²) in [5.41, 5.74) is 3.80. The monoisotopic (exact) mass is 382 g/mol. The largest absolute Gasteiger partial charge is 0.366 e. The van der Waals surface area contributed by atoms with Crippen molar-refractivity contribution in [3.8, 4) is 0 Å². The fourth-order valence-corrected chi connectivity index (χ4v) is 6.62. The van der Waals surface area contributed by atoms with Gasteiger partial charge in [-0.2, -0.15) is 0 Å². The maximum atomic E-state index is 13.4. The Balaban J connectivity index is 6.51. The second-order valence-electron chi connectivity index (χ2n) is 5.70. The van der Waals surface area contributed by atoms with Crippen LogP contribution >= 0.6 is 15.2 Å². The van der Waals surface area contributed by atoms with E-state index in [1.807, 2.05) is 13.8 Å². The molecule has 142 valence electrons. The van der Waals surface area contributed by atoms with E-state index in [1.54, 1.807) is 41.5 Å². The van der Waals surface area contributed by atoms with Crippen molar-refractivity contribution >= 4 is 15.2 Å². The molecule has 0 fully saturated rings. The first-order valence-corrected chi connectivity index (χ1v) is 11.4. The van der Waals surface area contributed by atoms with Gasteiger partial charge in [0.05, 0.1) is 26.4 Å². The molecule has 0 spiro atoms. The van der Waals surface area contributed by atoms with Gasteiger partial charge >= 0.3 is 15.2 Å². The summed E-state index contributed by atoms with van der Waals surface area (Å²) in [5, 5.41) is -1.04. The summed E-state index contributed by atoms with van der Waals surface area (Å²) in [6, 6.07) is 0. The van der Waals surface area contributed by atoms with Crippen molar-refractivity contribution in [3.05, 3.63) is 16.6 Å². The fraction of sp³-hybridized carbons (Fsp3) is 0.812. The van der Waals surface area contributed by atoms with Gasteiger partial charge in [0.25, 0.3) is 0 Å². The van der Waals surface area contributed by atoms with Crippen LogP contribution in [-0.2, 0) is 27.2 Å². The van der Waals surface area contributed by atoms with Crippen molar-refractivity contribution in [2.45, 2.75) is 60.5 Å². The highest BCUT2D eigenvalue weighted by molar-refractivity contribution is 7.62. The van der Waals surface area contributed by atoms with Crippen molar-refractivity contribution in [2.24, 2.45) is 0 Å². The standard InChI is InChI=1S/C16H32O6P2/c1-9-19-23(17,20-10-2)15(13-14(5)6)16(7,8)24(18,21-11-3)22-12-4/h9-12H2,1-8H3. The molecule has 0 unspecified atom stereocenters. The maximum absolute atomic E-state index is 13.4. The number of allylic oxidation sites excluding steroid dienone is 1. The van der Waals surface area contributed by atoms with Crippen molar-refractivity contribution < 1.29 is 27.2 Å². The van der Waals surface area contributed by atoms with Crippen LogP contribution < -0.4 is 0 Å². The van der Waals surface area contributed by atoms with Crippen LogP contribution in [0.15, 0.2) is 16.6 Å². The van der Waals surface area contributed by atoms with Crippen LogP contribution in [0.4, 0.5) is 0 Å². The summed E-state index contributed by atoms with van der Waals surface area (Å²) >= 11 is 0. The van der Waals surface area contributed by atoms with Crippen molar-refractivity contribution in [1.82, 2.24) is 0 Å². The van der Waals surface area contributed by atoms with E-state index in [1.165, 1.54) is 0 Å². The topological polar surface area (TPSA) is 71.1 Å². The molecule has 0 radical (unpaired) electrons. The number of hydrogen-bond donors (Lipinski definition) is 0. The summed E-state index contributed by atoms with van der Waals surface area (Å²) < 4.78 is 48.6. The van der Waals surface area contributed by atoms with Crippen molar-refractivity contribution in [2.75, 3.05) is 26.4 Å². The Labute approximate surface area is 146 Å². The minimum absolute atomic E-state index is 0.184. The van der Waals surface area contributed by atoms with E-state index in [0.717, 1.165) is 5.57 Å². The summed E-state index contributed by atoms with van der Waals surface area (Å²) in [6.07, 6.45) is 0. The van der Waals surface area contributed by atoms with Crippen LogP contribution in [0.25, 0.3) is 0 Å². The molecule has 6 nitrogen and oxygen atoms in total. The highest BCUT2D eigenvalue weighted by atomic mass is 31.2. The lowest BCUT2D eigenvalue weighted by Crippen LogP contribution is -2.27. The molecular weight excluding hydrogens is 350 g/mol. The normalized spacial score (nSPS) is 12.8. The smallest absolute Gasteiger partial charge is 0.308 e. The Bertz CT molecular complexity index is 537. The highest BCUT2D eigenvalue weighted by Crippen LogP contribution is 2.71. The third-order valence-electron chi connectivity index (χ3n) is 3.10. The SMILES string of the molecule is CCOP(=O)(OCC)C(=C=C(C)C)C(C)(C)P(=O)(OCC)OCC. The lowest BCUT2D eigenvalue weighted by molar-refractivity contribution is 0.200. The van der Waals surface area contributed by atoms with E-state index >= 15 is 0 Å². The Morgan fingerprint density at radius 3 is 1.50 bits per heavy atom. The van der Waals surface area contributed by atoms with E-state index < -0.39 is 20.3 Å². The quantitative estimate of drug-likeness (QED) is 0.335. The molecule has 0 rings (SSSR count). The van der Waals surface area contributed by atoms with Crippen LogP contribution in [-0.4, -0.2) is 31.6 Å². The van der Waals surface area contributed by atoms with Gasteiger partial charge in [-0.15, -0.1) is 5.73 Å². The lowest BCUT2D eigenvalue weighted by Gasteiger charge is -2.35. The van der Waals surface area contributed by atoms with Crippen molar-refractivity contribution in [3.63, 3.8) is 0 Å². The van der Waals surface area contributed by atoms with E-state index in [9.17, 15) is 9.13 Å². The second kappa shape index (κ2) is 10.1. The van der Waals surface area contributed by atoms with E-state index in [2.05, 4.69) is 5.73 Å². The average Bonchev–Trinajstić information content (AvgIpc) is 2.45. The van der Waals surface area contributed by atoms with Gasteiger partial charge in [0.2, 0.25) is 0 Å². The molecular formula is C16H32O6P2.